The summed E-state index contributed by atoms with van der Waals surface area (Å²) in [6, 6.07) is 12.5. The number of hydrogen-bond donors (Lipinski definition) is 0. The normalized spacial score (nSPS) is 15.5. The first-order chi connectivity index (χ1) is 15.6. The highest BCUT2D eigenvalue weighted by molar-refractivity contribution is 5.95. The Balaban J connectivity index is 1.35. The van der Waals surface area contributed by atoms with Crippen LogP contribution in [0, 0.1) is 0 Å². The summed E-state index contributed by atoms with van der Waals surface area (Å²) in [4.78, 5) is 29.7. The van der Waals surface area contributed by atoms with E-state index in [9.17, 15) is 9.59 Å². The van der Waals surface area contributed by atoms with Crippen LogP contribution in [0.4, 0.5) is 5.82 Å². The van der Waals surface area contributed by atoms with Crippen molar-refractivity contribution in [1.29, 1.82) is 0 Å². The molecule has 0 N–H and O–H groups in total. The maximum absolute atomic E-state index is 13.3. The Bertz CT molecular complexity index is 1200. The van der Waals surface area contributed by atoms with Crippen molar-refractivity contribution in [1.82, 2.24) is 24.9 Å². The lowest BCUT2D eigenvalue weighted by Crippen LogP contribution is -2.49. The Morgan fingerprint density at radius 2 is 1.78 bits per heavy atom. The molecule has 0 bridgehead atoms. The van der Waals surface area contributed by atoms with Crippen molar-refractivity contribution < 1.29 is 9.53 Å². The maximum Gasteiger partial charge on any atom is 0.278 e. The molecular formula is C23H24N6O3. The van der Waals surface area contributed by atoms with Crippen LogP contribution in [0.5, 0.6) is 5.75 Å². The number of rotatable bonds is 4. The van der Waals surface area contributed by atoms with E-state index in [1.165, 1.54) is 23.4 Å². The van der Waals surface area contributed by atoms with Crippen molar-refractivity contribution in [3.05, 3.63) is 69.8 Å². The zero-order chi connectivity index (χ0) is 22.1. The number of nitrogens with zero attached hydrogens (tertiary/aromatic N) is 6. The van der Waals surface area contributed by atoms with Gasteiger partial charge in [0.1, 0.15) is 0 Å². The number of anilines is 1. The Morgan fingerprint density at radius 3 is 2.53 bits per heavy atom. The van der Waals surface area contributed by atoms with E-state index in [1.54, 1.807) is 17.0 Å². The summed E-state index contributed by atoms with van der Waals surface area (Å²) < 4.78 is 6.54. The molecule has 1 aromatic carbocycles. The largest absolute Gasteiger partial charge is 0.494 e. The Morgan fingerprint density at radius 1 is 1.00 bits per heavy atom. The van der Waals surface area contributed by atoms with Gasteiger partial charge in [-0.05, 0) is 43.0 Å². The third kappa shape index (κ3) is 3.70. The fourth-order valence-corrected chi connectivity index (χ4v) is 4.26. The number of fused-ring (bicyclic) bond motifs is 1. The van der Waals surface area contributed by atoms with Gasteiger partial charge < -0.3 is 14.5 Å². The zero-order valence-electron chi connectivity index (χ0n) is 17.9. The standard InChI is InChI=1S/C23H24N6O3/c1-32-19-15-21(30)29(17-7-3-2-4-8-17)26-22(19)23(31)28-12-10-27(11-13-28)20-14-16-6-5-9-18(16)24-25-20/h2-4,7-8,14-15H,5-6,9-13H2,1H3. The quantitative estimate of drug-likeness (QED) is 0.616. The second kappa shape index (κ2) is 8.41. The van der Waals surface area contributed by atoms with Crippen LogP contribution in [0.25, 0.3) is 5.69 Å². The number of amides is 1. The van der Waals surface area contributed by atoms with Crippen molar-refractivity contribution >= 4 is 11.7 Å². The lowest BCUT2D eigenvalue weighted by Gasteiger charge is -2.35. The minimum atomic E-state index is -0.357. The molecule has 1 aliphatic carbocycles. The van der Waals surface area contributed by atoms with Gasteiger partial charge in [0.2, 0.25) is 0 Å². The second-order valence-corrected chi connectivity index (χ2v) is 7.95. The van der Waals surface area contributed by atoms with E-state index in [0.717, 1.165) is 30.8 Å². The van der Waals surface area contributed by atoms with Crippen LogP contribution < -0.4 is 15.2 Å². The van der Waals surface area contributed by atoms with Gasteiger partial charge in [-0.3, -0.25) is 9.59 Å². The van der Waals surface area contributed by atoms with Crippen molar-refractivity contribution in [3.63, 3.8) is 0 Å². The number of ether oxygens (including phenoxy) is 1. The van der Waals surface area contributed by atoms with Crippen molar-refractivity contribution in [2.24, 2.45) is 0 Å². The van der Waals surface area contributed by atoms with Gasteiger partial charge in [-0.1, -0.05) is 18.2 Å². The molecule has 1 fully saturated rings. The zero-order valence-corrected chi connectivity index (χ0v) is 17.9. The van der Waals surface area contributed by atoms with Gasteiger partial charge in [-0.2, -0.15) is 14.9 Å². The maximum atomic E-state index is 13.3. The molecule has 0 spiro atoms. The van der Waals surface area contributed by atoms with Crippen LogP contribution in [0.1, 0.15) is 28.2 Å². The van der Waals surface area contributed by atoms with E-state index >= 15 is 0 Å². The summed E-state index contributed by atoms with van der Waals surface area (Å²) in [6.07, 6.45) is 3.19. The number of para-hydroxylation sites is 1. The van der Waals surface area contributed by atoms with Crippen molar-refractivity contribution in [2.45, 2.75) is 19.3 Å². The number of carbonyl (C=O) groups is 1. The molecule has 32 heavy (non-hydrogen) atoms. The van der Waals surface area contributed by atoms with Crippen LogP contribution in [0.15, 0.2) is 47.3 Å². The number of piperazine rings is 1. The number of hydrogen-bond acceptors (Lipinski definition) is 7. The fraction of sp³-hybridized carbons (Fsp3) is 0.348. The number of benzene rings is 1. The molecule has 0 saturated carbocycles. The molecule has 2 aliphatic rings. The average Bonchev–Trinajstić information content (AvgIpc) is 3.32. The van der Waals surface area contributed by atoms with E-state index in [-0.39, 0.29) is 22.9 Å². The van der Waals surface area contributed by atoms with Crippen molar-refractivity contribution in [3.8, 4) is 11.4 Å². The highest BCUT2D eigenvalue weighted by Gasteiger charge is 2.28. The predicted octanol–water partition coefficient (Wildman–Crippen LogP) is 1.48. The molecule has 9 heteroatoms. The first kappa shape index (κ1) is 20.2. The molecular weight excluding hydrogens is 408 g/mol. The minimum Gasteiger partial charge on any atom is -0.494 e. The summed E-state index contributed by atoms with van der Waals surface area (Å²) in [7, 11) is 1.44. The van der Waals surface area contributed by atoms with Crippen LogP contribution in [-0.4, -0.2) is 64.1 Å². The molecule has 1 aliphatic heterocycles. The molecule has 0 atom stereocenters. The van der Waals surface area contributed by atoms with E-state index in [0.29, 0.717) is 31.9 Å². The first-order valence-corrected chi connectivity index (χ1v) is 10.8. The van der Waals surface area contributed by atoms with E-state index in [2.05, 4.69) is 26.3 Å². The van der Waals surface area contributed by atoms with Gasteiger partial charge in [-0.15, -0.1) is 5.10 Å². The van der Waals surface area contributed by atoms with Gasteiger partial charge in [-0.25, -0.2) is 0 Å². The number of methoxy groups -OCH3 is 1. The summed E-state index contributed by atoms with van der Waals surface area (Å²) in [5, 5.41) is 13.1. The van der Waals surface area contributed by atoms with E-state index in [1.807, 2.05) is 18.2 Å². The monoisotopic (exact) mass is 432 g/mol. The van der Waals surface area contributed by atoms with Crippen LogP contribution in [-0.2, 0) is 12.8 Å². The van der Waals surface area contributed by atoms with Crippen LogP contribution >= 0.6 is 0 Å². The molecule has 0 radical (unpaired) electrons. The van der Waals surface area contributed by atoms with Crippen LogP contribution in [0.3, 0.4) is 0 Å². The molecule has 9 nitrogen and oxygen atoms in total. The average molecular weight is 432 g/mol. The molecule has 1 amide bonds. The van der Waals surface area contributed by atoms with Gasteiger partial charge in [0.25, 0.3) is 11.5 Å². The smallest absolute Gasteiger partial charge is 0.278 e. The first-order valence-electron chi connectivity index (χ1n) is 10.8. The van der Waals surface area contributed by atoms with Gasteiger partial charge in [0, 0.05) is 26.2 Å². The van der Waals surface area contributed by atoms with Gasteiger partial charge in [0.15, 0.2) is 17.3 Å². The summed E-state index contributed by atoms with van der Waals surface area (Å²) in [5.41, 5.74) is 2.75. The molecule has 3 heterocycles. The number of aromatic nitrogens is 4. The Hall–Kier alpha value is -3.75. The predicted molar refractivity (Wildman–Crippen MR) is 119 cm³/mol. The number of carbonyl (C=O) groups excluding carboxylic acids is 1. The highest BCUT2D eigenvalue weighted by atomic mass is 16.5. The van der Waals surface area contributed by atoms with Gasteiger partial charge >= 0.3 is 0 Å². The lowest BCUT2D eigenvalue weighted by molar-refractivity contribution is 0.0734. The summed E-state index contributed by atoms with van der Waals surface area (Å²) >= 11 is 0. The van der Waals surface area contributed by atoms with Crippen LogP contribution in [0.2, 0.25) is 0 Å². The van der Waals surface area contributed by atoms with E-state index in [4.69, 9.17) is 4.74 Å². The number of aryl methyl sites for hydroxylation is 2. The molecule has 1 saturated heterocycles. The third-order valence-electron chi connectivity index (χ3n) is 6.02. The SMILES string of the molecule is COc1cc(=O)n(-c2ccccc2)nc1C(=O)N1CCN(c2cc3c(nn2)CCC3)CC1. The lowest BCUT2D eigenvalue weighted by atomic mass is 10.2. The molecule has 0 unspecified atom stereocenters. The second-order valence-electron chi connectivity index (χ2n) is 7.95. The molecule has 2 aromatic heterocycles. The molecule has 3 aromatic rings. The minimum absolute atomic E-state index is 0.127. The van der Waals surface area contributed by atoms with Crippen molar-refractivity contribution in [2.75, 3.05) is 38.2 Å². The fourth-order valence-electron chi connectivity index (χ4n) is 4.26. The molecule has 164 valence electrons. The Kier molecular flexibility index (Phi) is 5.30. The van der Waals surface area contributed by atoms with Gasteiger partial charge in [0.05, 0.1) is 24.6 Å². The highest BCUT2D eigenvalue weighted by Crippen LogP contribution is 2.24. The van der Waals surface area contributed by atoms with E-state index < -0.39 is 0 Å². The summed E-state index contributed by atoms with van der Waals surface area (Å²) in [6.45, 7) is 2.35. The topological polar surface area (TPSA) is 93.5 Å². The summed E-state index contributed by atoms with van der Waals surface area (Å²) in [5.74, 6) is 0.788. The Labute approximate surface area is 185 Å². The third-order valence-corrected chi connectivity index (χ3v) is 6.02. The molecule has 5 rings (SSSR count).